The van der Waals surface area contributed by atoms with E-state index in [0.717, 1.165) is 5.56 Å². The molecule has 0 aliphatic carbocycles. The van der Waals surface area contributed by atoms with E-state index < -0.39 is 11.9 Å². The van der Waals surface area contributed by atoms with Gasteiger partial charge >= 0.3 is 5.97 Å². The Bertz CT molecular complexity index is 378. The third-order valence-corrected chi connectivity index (χ3v) is 3.27. The third-order valence-electron chi connectivity index (χ3n) is 3.02. The Morgan fingerprint density at radius 2 is 1.76 bits per heavy atom. The first-order valence-corrected chi connectivity index (χ1v) is 6.04. The van der Waals surface area contributed by atoms with Gasteiger partial charge in [0.25, 0.3) is 0 Å². The van der Waals surface area contributed by atoms with Crippen molar-refractivity contribution in [2.75, 3.05) is 0 Å². The predicted octanol–water partition coefficient (Wildman–Crippen LogP) is 3.10. The second-order valence-electron chi connectivity index (χ2n) is 4.36. The summed E-state index contributed by atoms with van der Waals surface area (Å²) in [6.07, 6.45) is 0. The van der Waals surface area contributed by atoms with Crippen molar-refractivity contribution < 1.29 is 9.90 Å². The number of nitrogens with one attached hydrogen (secondary N) is 1. The zero-order chi connectivity index (χ0) is 13.0. The van der Waals surface area contributed by atoms with Crippen LogP contribution in [0.15, 0.2) is 24.3 Å². The molecule has 1 rings (SSSR count). The summed E-state index contributed by atoms with van der Waals surface area (Å²) >= 11 is 5.82. The summed E-state index contributed by atoms with van der Waals surface area (Å²) in [7, 11) is 0. The van der Waals surface area contributed by atoms with Crippen molar-refractivity contribution in [1.29, 1.82) is 0 Å². The van der Waals surface area contributed by atoms with Gasteiger partial charge in [-0.3, -0.25) is 4.79 Å². The van der Waals surface area contributed by atoms with E-state index in [1.807, 2.05) is 38.1 Å². The normalized spacial score (nSPS) is 16.2. The van der Waals surface area contributed by atoms with Crippen LogP contribution >= 0.6 is 11.6 Å². The quantitative estimate of drug-likeness (QED) is 0.850. The molecule has 0 heterocycles. The molecule has 0 fully saturated rings. The van der Waals surface area contributed by atoms with Gasteiger partial charge in [-0.15, -0.1) is 0 Å². The Kier molecular flexibility index (Phi) is 4.97. The van der Waals surface area contributed by atoms with E-state index in [0.29, 0.717) is 5.02 Å². The summed E-state index contributed by atoms with van der Waals surface area (Å²) in [5.74, 6) is -1.20. The SMILES string of the molecule is CC(N[C@@H](C)c1ccc(Cl)cc1)C(C)C(=O)O. The highest BCUT2D eigenvalue weighted by atomic mass is 35.5. The largest absolute Gasteiger partial charge is 0.481 e. The number of carbonyl (C=O) groups is 1. The van der Waals surface area contributed by atoms with Crippen molar-refractivity contribution in [3.63, 3.8) is 0 Å². The maximum Gasteiger partial charge on any atom is 0.307 e. The van der Waals surface area contributed by atoms with Crippen LogP contribution in [-0.2, 0) is 4.79 Å². The Morgan fingerprint density at radius 1 is 1.24 bits per heavy atom. The fraction of sp³-hybridized carbons (Fsp3) is 0.462. The van der Waals surface area contributed by atoms with Crippen LogP contribution in [-0.4, -0.2) is 17.1 Å². The van der Waals surface area contributed by atoms with Gasteiger partial charge in [-0.25, -0.2) is 0 Å². The monoisotopic (exact) mass is 255 g/mol. The smallest absolute Gasteiger partial charge is 0.307 e. The summed E-state index contributed by atoms with van der Waals surface area (Å²) in [5.41, 5.74) is 1.10. The van der Waals surface area contributed by atoms with Gasteiger partial charge in [0, 0.05) is 17.1 Å². The first kappa shape index (κ1) is 14.0. The number of benzene rings is 1. The van der Waals surface area contributed by atoms with Crippen LogP contribution in [0.25, 0.3) is 0 Å². The number of carboxylic acid groups (broad SMARTS) is 1. The van der Waals surface area contributed by atoms with Crippen molar-refractivity contribution in [2.24, 2.45) is 5.92 Å². The Hall–Kier alpha value is -1.06. The van der Waals surface area contributed by atoms with Crippen LogP contribution in [0.5, 0.6) is 0 Å². The second-order valence-corrected chi connectivity index (χ2v) is 4.79. The van der Waals surface area contributed by atoms with E-state index in [1.54, 1.807) is 6.92 Å². The lowest BCUT2D eigenvalue weighted by molar-refractivity contribution is -0.142. The lowest BCUT2D eigenvalue weighted by atomic mass is 10.0. The van der Waals surface area contributed by atoms with E-state index in [1.165, 1.54) is 0 Å². The number of carboxylic acids is 1. The predicted molar refractivity (Wildman–Crippen MR) is 69.3 cm³/mol. The lowest BCUT2D eigenvalue weighted by Gasteiger charge is -2.23. The summed E-state index contributed by atoms with van der Waals surface area (Å²) in [6.45, 7) is 5.59. The molecule has 0 saturated heterocycles. The van der Waals surface area contributed by atoms with Gasteiger partial charge in [0.1, 0.15) is 0 Å². The first-order chi connectivity index (χ1) is 7.91. The van der Waals surface area contributed by atoms with Gasteiger partial charge in [0.2, 0.25) is 0 Å². The zero-order valence-electron chi connectivity index (χ0n) is 10.3. The number of hydrogen-bond acceptors (Lipinski definition) is 2. The molecule has 0 aromatic heterocycles. The van der Waals surface area contributed by atoms with Gasteiger partial charge in [0.05, 0.1) is 5.92 Å². The molecular formula is C13H18ClNO2. The maximum absolute atomic E-state index is 10.8. The van der Waals surface area contributed by atoms with Gasteiger partial charge in [-0.2, -0.15) is 0 Å². The van der Waals surface area contributed by atoms with Gasteiger partial charge in [0.15, 0.2) is 0 Å². The van der Waals surface area contributed by atoms with Crippen molar-refractivity contribution >= 4 is 17.6 Å². The van der Waals surface area contributed by atoms with Crippen LogP contribution in [0.1, 0.15) is 32.4 Å². The van der Waals surface area contributed by atoms with E-state index in [-0.39, 0.29) is 12.1 Å². The summed E-state index contributed by atoms with van der Waals surface area (Å²) in [4.78, 5) is 10.8. The van der Waals surface area contributed by atoms with Crippen molar-refractivity contribution in [2.45, 2.75) is 32.9 Å². The molecule has 3 nitrogen and oxygen atoms in total. The number of aliphatic carboxylic acids is 1. The third kappa shape index (κ3) is 4.02. The Labute approximate surface area is 107 Å². The van der Waals surface area contributed by atoms with Crippen LogP contribution in [0.4, 0.5) is 0 Å². The standard InChI is InChI=1S/C13H18ClNO2/c1-8(13(16)17)9(2)15-10(3)11-4-6-12(14)7-5-11/h4-10,15H,1-3H3,(H,16,17)/t8?,9?,10-/m0/s1. The Balaban J connectivity index is 2.63. The minimum Gasteiger partial charge on any atom is -0.481 e. The van der Waals surface area contributed by atoms with E-state index in [4.69, 9.17) is 16.7 Å². The van der Waals surface area contributed by atoms with Gasteiger partial charge in [-0.1, -0.05) is 30.7 Å². The fourth-order valence-electron chi connectivity index (χ4n) is 1.60. The zero-order valence-corrected chi connectivity index (χ0v) is 11.0. The molecule has 2 N–H and O–H groups in total. The fourth-order valence-corrected chi connectivity index (χ4v) is 1.73. The highest BCUT2D eigenvalue weighted by molar-refractivity contribution is 6.30. The van der Waals surface area contributed by atoms with Crippen LogP contribution in [0.3, 0.4) is 0 Å². The molecule has 0 amide bonds. The molecule has 0 spiro atoms. The highest BCUT2D eigenvalue weighted by Crippen LogP contribution is 2.17. The molecule has 0 bridgehead atoms. The molecule has 1 aromatic rings. The van der Waals surface area contributed by atoms with Gasteiger partial charge in [-0.05, 0) is 31.5 Å². The molecule has 0 aliphatic rings. The van der Waals surface area contributed by atoms with Gasteiger partial charge < -0.3 is 10.4 Å². The molecule has 3 atom stereocenters. The molecular weight excluding hydrogens is 238 g/mol. The molecule has 0 aliphatic heterocycles. The van der Waals surface area contributed by atoms with Crippen molar-refractivity contribution in [1.82, 2.24) is 5.32 Å². The highest BCUT2D eigenvalue weighted by Gasteiger charge is 2.20. The number of hydrogen-bond donors (Lipinski definition) is 2. The Morgan fingerprint density at radius 3 is 2.24 bits per heavy atom. The molecule has 0 saturated carbocycles. The minimum absolute atomic E-state index is 0.0850. The number of rotatable bonds is 5. The maximum atomic E-state index is 10.8. The number of halogens is 1. The summed E-state index contributed by atoms with van der Waals surface area (Å²) < 4.78 is 0. The molecule has 4 heteroatoms. The molecule has 0 radical (unpaired) electrons. The van der Waals surface area contributed by atoms with Crippen molar-refractivity contribution in [3.8, 4) is 0 Å². The minimum atomic E-state index is -0.784. The molecule has 1 aromatic carbocycles. The molecule has 94 valence electrons. The molecule has 2 unspecified atom stereocenters. The van der Waals surface area contributed by atoms with E-state index in [9.17, 15) is 4.79 Å². The lowest BCUT2D eigenvalue weighted by Crippen LogP contribution is -2.37. The first-order valence-electron chi connectivity index (χ1n) is 5.66. The summed E-state index contributed by atoms with van der Waals surface area (Å²) in [5, 5.41) is 12.9. The second kappa shape index (κ2) is 6.03. The average Bonchev–Trinajstić information content (AvgIpc) is 2.28. The summed E-state index contributed by atoms with van der Waals surface area (Å²) in [6, 6.07) is 7.57. The average molecular weight is 256 g/mol. The van der Waals surface area contributed by atoms with E-state index in [2.05, 4.69) is 5.32 Å². The van der Waals surface area contributed by atoms with Crippen LogP contribution < -0.4 is 5.32 Å². The van der Waals surface area contributed by atoms with Crippen LogP contribution in [0.2, 0.25) is 5.02 Å². The van der Waals surface area contributed by atoms with Crippen molar-refractivity contribution in [3.05, 3.63) is 34.9 Å². The molecule has 17 heavy (non-hydrogen) atoms. The van der Waals surface area contributed by atoms with E-state index >= 15 is 0 Å². The van der Waals surface area contributed by atoms with Crippen LogP contribution in [0, 0.1) is 5.92 Å². The topological polar surface area (TPSA) is 49.3 Å².